The first kappa shape index (κ1) is 11.1. The summed E-state index contributed by atoms with van der Waals surface area (Å²) in [5.74, 6) is 0.733. The summed E-state index contributed by atoms with van der Waals surface area (Å²) in [5, 5.41) is 0.711. The van der Waals surface area contributed by atoms with Gasteiger partial charge in [-0.3, -0.25) is 0 Å². The van der Waals surface area contributed by atoms with Gasteiger partial charge in [0.05, 0.1) is 7.11 Å². The molecule has 0 aliphatic carbocycles. The molecular weight excluding hydrogens is 200 g/mol. The first-order chi connectivity index (χ1) is 6.61. The van der Waals surface area contributed by atoms with Gasteiger partial charge in [-0.15, -0.1) is 0 Å². The van der Waals surface area contributed by atoms with E-state index in [1.807, 2.05) is 19.9 Å². The molecule has 0 saturated carbocycles. The fourth-order valence-electron chi connectivity index (χ4n) is 1.48. The van der Waals surface area contributed by atoms with Crippen molar-refractivity contribution in [1.29, 1.82) is 0 Å². The van der Waals surface area contributed by atoms with Gasteiger partial charge in [0, 0.05) is 17.0 Å². The van der Waals surface area contributed by atoms with Gasteiger partial charge in [-0.2, -0.15) is 0 Å². The Morgan fingerprint density at radius 1 is 1.50 bits per heavy atom. The van der Waals surface area contributed by atoms with Gasteiger partial charge in [-0.25, -0.2) is 0 Å². The Morgan fingerprint density at radius 3 is 2.64 bits per heavy atom. The highest BCUT2D eigenvalue weighted by molar-refractivity contribution is 6.32. The van der Waals surface area contributed by atoms with E-state index in [1.54, 1.807) is 7.11 Å². The minimum atomic E-state index is 0.342. The van der Waals surface area contributed by atoms with E-state index in [-0.39, 0.29) is 0 Å². The van der Waals surface area contributed by atoms with Crippen LogP contribution < -0.4 is 4.74 Å². The van der Waals surface area contributed by atoms with Crippen molar-refractivity contribution >= 4 is 17.9 Å². The summed E-state index contributed by atoms with van der Waals surface area (Å²) in [7, 11) is 1.59. The van der Waals surface area contributed by atoms with E-state index in [0.717, 1.165) is 28.7 Å². The number of methoxy groups -OCH3 is 1. The van der Waals surface area contributed by atoms with Gasteiger partial charge in [0.15, 0.2) is 0 Å². The lowest BCUT2D eigenvalue weighted by Crippen LogP contribution is -1.98. The number of aldehydes is 1. The maximum absolute atomic E-state index is 10.5. The van der Waals surface area contributed by atoms with E-state index in [0.29, 0.717) is 11.4 Å². The molecule has 0 heterocycles. The largest absolute Gasteiger partial charge is 0.496 e. The molecule has 14 heavy (non-hydrogen) atoms. The second kappa shape index (κ2) is 4.47. The van der Waals surface area contributed by atoms with E-state index in [1.165, 1.54) is 0 Å². The summed E-state index contributed by atoms with van der Waals surface area (Å²) in [6.45, 7) is 3.82. The lowest BCUT2D eigenvalue weighted by molar-refractivity contribution is -0.107. The molecule has 1 aromatic carbocycles. The van der Waals surface area contributed by atoms with Gasteiger partial charge in [0.1, 0.15) is 12.0 Å². The number of ether oxygens (including phenoxy) is 1. The molecule has 0 saturated heterocycles. The van der Waals surface area contributed by atoms with Gasteiger partial charge in [-0.05, 0) is 31.0 Å². The van der Waals surface area contributed by atoms with Crippen molar-refractivity contribution in [3.63, 3.8) is 0 Å². The fourth-order valence-corrected chi connectivity index (χ4v) is 1.65. The molecule has 0 amide bonds. The lowest BCUT2D eigenvalue weighted by Gasteiger charge is -2.12. The minimum Gasteiger partial charge on any atom is -0.496 e. The zero-order valence-electron chi connectivity index (χ0n) is 8.56. The fraction of sp³-hybridized carbons (Fsp3) is 0.364. The molecule has 0 spiro atoms. The molecule has 1 aromatic rings. The van der Waals surface area contributed by atoms with E-state index in [4.69, 9.17) is 16.3 Å². The molecule has 76 valence electrons. The number of hydrogen-bond donors (Lipinski definition) is 0. The molecule has 2 nitrogen and oxygen atoms in total. The Labute approximate surface area is 88.8 Å². The quantitative estimate of drug-likeness (QED) is 0.721. The summed E-state index contributed by atoms with van der Waals surface area (Å²) < 4.78 is 5.20. The van der Waals surface area contributed by atoms with E-state index in [2.05, 4.69) is 0 Å². The SMILES string of the molecule is COc1cc(C)c(Cl)c(C)c1CC=O. The van der Waals surface area contributed by atoms with Crippen LogP contribution in [0.1, 0.15) is 16.7 Å². The van der Waals surface area contributed by atoms with Gasteiger partial charge in [0.2, 0.25) is 0 Å². The van der Waals surface area contributed by atoms with Crippen LogP contribution in [-0.4, -0.2) is 13.4 Å². The molecule has 0 aromatic heterocycles. The number of benzene rings is 1. The molecule has 0 atom stereocenters. The highest BCUT2D eigenvalue weighted by Gasteiger charge is 2.11. The zero-order chi connectivity index (χ0) is 10.7. The molecule has 1 rings (SSSR count). The number of halogens is 1. The van der Waals surface area contributed by atoms with Crippen LogP contribution in [0.5, 0.6) is 5.75 Å². The smallest absolute Gasteiger partial charge is 0.124 e. The van der Waals surface area contributed by atoms with Crippen molar-refractivity contribution < 1.29 is 9.53 Å². The summed E-state index contributed by atoms with van der Waals surface area (Å²) in [5.41, 5.74) is 2.77. The Hall–Kier alpha value is -1.02. The number of carbonyl (C=O) groups is 1. The lowest BCUT2D eigenvalue weighted by atomic mass is 10.0. The van der Waals surface area contributed by atoms with E-state index < -0.39 is 0 Å². The van der Waals surface area contributed by atoms with Crippen LogP contribution in [0.4, 0.5) is 0 Å². The molecule has 0 N–H and O–H groups in total. The first-order valence-corrected chi connectivity index (χ1v) is 4.75. The van der Waals surface area contributed by atoms with Crippen LogP contribution in [0.3, 0.4) is 0 Å². The van der Waals surface area contributed by atoms with Gasteiger partial charge in [-0.1, -0.05) is 11.6 Å². The van der Waals surface area contributed by atoms with Crippen LogP contribution in [-0.2, 0) is 11.2 Å². The number of rotatable bonds is 3. The standard InChI is InChI=1S/C11H13ClO2/c1-7-6-10(14-3)9(4-5-13)8(2)11(7)12/h5-6H,4H2,1-3H3. The predicted molar refractivity (Wildman–Crippen MR) is 57.2 cm³/mol. The van der Waals surface area contributed by atoms with Crippen molar-refractivity contribution in [3.05, 3.63) is 27.8 Å². The Morgan fingerprint density at radius 2 is 2.14 bits per heavy atom. The molecule has 0 aliphatic rings. The maximum atomic E-state index is 10.5. The van der Waals surface area contributed by atoms with Crippen molar-refractivity contribution in [2.45, 2.75) is 20.3 Å². The average molecular weight is 213 g/mol. The molecule has 0 fully saturated rings. The van der Waals surface area contributed by atoms with Crippen LogP contribution in [0, 0.1) is 13.8 Å². The third kappa shape index (κ3) is 1.90. The maximum Gasteiger partial charge on any atom is 0.124 e. The predicted octanol–water partition coefficient (Wildman–Crippen LogP) is 2.71. The van der Waals surface area contributed by atoms with Crippen molar-refractivity contribution in [3.8, 4) is 5.75 Å². The number of aryl methyl sites for hydroxylation is 1. The second-order valence-electron chi connectivity index (χ2n) is 3.18. The number of hydrogen-bond acceptors (Lipinski definition) is 2. The van der Waals surface area contributed by atoms with Crippen molar-refractivity contribution in [2.75, 3.05) is 7.11 Å². The monoisotopic (exact) mass is 212 g/mol. The Bertz CT molecular complexity index is 359. The van der Waals surface area contributed by atoms with E-state index in [9.17, 15) is 4.79 Å². The summed E-state index contributed by atoms with van der Waals surface area (Å²) >= 11 is 6.08. The average Bonchev–Trinajstić information content (AvgIpc) is 2.19. The van der Waals surface area contributed by atoms with Gasteiger partial charge < -0.3 is 9.53 Å². The highest BCUT2D eigenvalue weighted by Crippen LogP contribution is 2.31. The molecule has 0 aliphatic heterocycles. The van der Waals surface area contributed by atoms with Crippen LogP contribution in [0.2, 0.25) is 5.02 Å². The third-order valence-electron chi connectivity index (χ3n) is 2.28. The van der Waals surface area contributed by atoms with Crippen LogP contribution in [0.15, 0.2) is 6.07 Å². The molecule has 0 radical (unpaired) electrons. The van der Waals surface area contributed by atoms with Gasteiger partial charge in [0.25, 0.3) is 0 Å². The van der Waals surface area contributed by atoms with Gasteiger partial charge >= 0.3 is 0 Å². The molecular formula is C11H13ClO2. The normalized spacial score (nSPS) is 10.0. The summed E-state index contributed by atoms with van der Waals surface area (Å²) in [6, 6.07) is 1.86. The van der Waals surface area contributed by atoms with E-state index >= 15 is 0 Å². The topological polar surface area (TPSA) is 26.3 Å². The Balaban J connectivity index is 3.36. The van der Waals surface area contributed by atoms with Crippen molar-refractivity contribution in [1.82, 2.24) is 0 Å². The summed E-state index contributed by atoms with van der Waals surface area (Å²) in [6.07, 6.45) is 1.20. The summed E-state index contributed by atoms with van der Waals surface area (Å²) in [4.78, 5) is 10.5. The molecule has 3 heteroatoms. The zero-order valence-corrected chi connectivity index (χ0v) is 9.31. The number of carbonyl (C=O) groups excluding carboxylic acids is 1. The van der Waals surface area contributed by atoms with Crippen molar-refractivity contribution in [2.24, 2.45) is 0 Å². The molecule has 0 unspecified atom stereocenters. The molecule has 0 bridgehead atoms. The third-order valence-corrected chi connectivity index (χ3v) is 2.86. The van der Waals surface area contributed by atoms with Crippen LogP contribution >= 0.6 is 11.6 Å². The van der Waals surface area contributed by atoms with Crippen LogP contribution in [0.25, 0.3) is 0 Å². The Kier molecular flexibility index (Phi) is 3.53. The second-order valence-corrected chi connectivity index (χ2v) is 3.56. The minimum absolute atomic E-state index is 0.342. The highest BCUT2D eigenvalue weighted by atomic mass is 35.5. The first-order valence-electron chi connectivity index (χ1n) is 4.38.